The van der Waals surface area contributed by atoms with Gasteiger partial charge in [-0.1, -0.05) is 71.1 Å². The summed E-state index contributed by atoms with van der Waals surface area (Å²) in [6.45, 7) is 2.77. The van der Waals surface area contributed by atoms with Gasteiger partial charge in [-0.25, -0.2) is 0 Å². The monoisotopic (exact) mass is 393 g/mol. The van der Waals surface area contributed by atoms with Gasteiger partial charge in [-0.15, -0.1) is 0 Å². The molecule has 1 atom stereocenters. The average molecular weight is 394 g/mol. The first-order valence-corrected chi connectivity index (χ1v) is 9.38. The zero-order valence-corrected chi connectivity index (χ0v) is 17.5. The molecular weight excluding hydrogens is 354 g/mol. The van der Waals surface area contributed by atoms with Gasteiger partial charge in [-0.3, -0.25) is 4.79 Å². The first kappa shape index (κ1) is 25.3. The molecule has 0 saturated carbocycles. The minimum absolute atomic E-state index is 0. The summed E-state index contributed by atoms with van der Waals surface area (Å²) in [5, 5.41) is 9.85. The number of hydrogen-bond acceptors (Lipinski definition) is 2. The van der Waals surface area contributed by atoms with Gasteiger partial charge in [0.25, 0.3) is 0 Å². The topological polar surface area (TPSA) is 37.3 Å². The molecule has 1 unspecified atom stereocenters. The number of likely N-dealkylation sites (N-methyl/N-ethyl adjacent to an activating group) is 1. The van der Waals surface area contributed by atoms with Gasteiger partial charge in [-0.05, 0) is 6.42 Å². The second-order valence-electron chi connectivity index (χ2n) is 7.74. The Morgan fingerprint density at radius 2 is 1.22 bits per heavy atom. The summed E-state index contributed by atoms with van der Waals surface area (Å²) < 4.78 is 0.630. The highest BCUT2D eigenvalue weighted by Gasteiger charge is 2.21. The van der Waals surface area contributed by atoms with Crippen molar-refractivity contribution in [2.24, 2.45) is 0 Å². The van der Waals surface area contributed by atoms with Crippen LogP contribution in [0, 0.1) is 0 Å². The van der Waals surface area contributed by atoms with Crippen LogP contribution in [0.15, 0.2) is 0 Å². The summed E-state index contributed by atoms with van der Waals surface area (Å²) in [7, 11) is 6.00. The highest BCUT2D eigenvalue weighted by atomic mass is 79.9. The van der Waals surface area contributed by atoms with Gasteiger partial charge in [0.15, 0.2) is 11.9 Å². The molecule has 0 aromatic heterocycles. The Balaban J connectivity index is 0. The lowest BCUT2D eigenvalue weighted by Crippen LogP contribution is -3.00. The highest BCUT2D eigenvalue weighted by molar-refractivity contribution is 5.82. The minimum Gasteiger partial charge on any atom is -1.00 e. The number of rotatable bonds is 15. The summed E-state index contributed by atoms with van der Waals surface area (Å²) >= 11 is 0. The SMILES string of the molecule is CCCCCCCCCCCCCC(=O)C(O)C[N+](C)(C)C.[Br-]. The highest BCUT2D eigenvalue weighted by Crippen LogP contribution is 2.12. The van der Waals surface area contributed by atoms with Crippen molar-refractivity contribution in [3.05, 3.63) is 0 Å². The Kier molecular flexibility index (Phi) is 17.2. The second kappa shape index (κ2) is 15.6. The molecule has 1 N–H and O–H groups in total. The van der Waals surface area contributed by atoms with E-state index in [1.807, 2.05) is 21.1 Å². The maximum absolute atomic E-state index is 11.8. The first-order chi connectivity index (χ1) is 10.4. The van der Waals surface area contributed by atoms with Crippen molar-refractivity contribution in [1.29, 1.82) is 0 Å². The first-order valence-electron chi connectivity index (χ1n) is 9.38. The molecule has 0 aromatic carbocycles. The van der Waals surface area contributed by atoms with E-state index in [2.05, 4.69) is 6.92 Å². The Labute approximate surface area is 155 Å². The van der Waals surface area contributed by atoms with Gasteiger partial charge in [0.05, 0.1) is 21.1 Å². The Morgan fingerprint density at radius 1 is 0.826 bits per heavy atom. The van der Waals surface area contributed by atoms with Gasteiger partial charge in [0, 0.05) is 6.42 Å². The number of halogens is 1. The summed E-state index contributed by atoms with van der Waals surface area (Å²) in [6, 6.07) is 0. The fourth-order valence-electron chi connectivity index (χ4n) is 2.75. The van der Waals surface area contributed by atoms with Crippen LogP contribution in [0.25, 0.3) is 0 Å². The molecule has 0 aliphatic heterocycles. The summed E-state index contributed by atoms with van der Waals surface area (Å²) in [5.74, 6) is 0.0176. The molecule has 0 aliphatic carbocycles. The molecule has 0 radical (unpaired) electrons. The Bertz CT molecular complexity index is 277. The summed E-state index contributed by atoms with van der Waals surface area (Å²) in [5.41, 5.74) is 0. The van der Waals surface area contributed by atoms with E-state index in [4.69, 9.17) is 0 Å². The number of aliphatic hydroxyl groups excluding tert-OH is 1. The van der Waals surface area contributed by atoms with E-state index >= 15 is 0 Å². The lowest BCUT2D eigenvalue weighted by Gasteiger charge is -2.26. The quantitative estimate of drug-likeness (QED) is 0.336. The van der Waals surface area contributed by atoms with Crippen LogP contribution in [0.4, 0.5) is 0 Å². The van der Waals surface area contributed by atoms with Crippen LogP contribution in [-0.4, -0.2) is 49.2 Å². The zero-order chi connectivity index (χ0) is 16.8. The van der Waals surface area contributed by atoms with Crippen molar-refractivity contribution in [1.82, 2.24) is 0 Å². The number of hydrogen-bond donors (Lipinski definition) is 1. The molecule has 0 aromatic rings. The molecule has 0 saturated heterocycles. The van der Waals surface area contributed by atoms with Gasteiger partial charge in [0.2, 0.25) is 0 Å². The number of Topliss-reactive ketones (excluding diaryl/α,β-unsaturated/α-hetero) is 1. The molecule has 4 heteroatoms. The molecule has 0 bridgehead atoms. The molecule has 23 heavy (non-hydrogen) atoms. The third-order valence-electron chi connectivity index (χ3n) is 4.12. The van der Waals surface area contributed by atoms with E-state index in [1.54, 1.807) is 0 Å². The summed E-state index contributed by atoms with van der Waals surface area (Å²) in [4.78, 5) is 11.8. The fraction of sp³-hybridized carbons (Fsp3) is 0.947. The summed E-state index contributed by atoms with van der Waals surface area (Å²) in [6.07, 6.45) is 13.9. The number of carbonyl (C=O) groups excluding carboxylic acids is 1. The third-order valence-corrected chi connectivity index (χ3v) is 4.12. The number of nitrogens with zero attached hydrogens (tertiary/aromatic N) is 1. The van der Waals surface area contributed by atoms with Gasteiger partial charge < -0.3 is 26.6 Å². The predicted molar refractivity (Wildman–Crippen MR) is 95.0 cm³/mol. The maximum atomic E-state index is 11.8. The molecular formula is C19H40BrNO2. The molecule has 0 rings (SSSR count). The number of quaternary nitrogens is 1. The van der Waals surface area contributed by atoms with Crippen LogP contribution in [0.3, 0.4) is 0 Å². The molecule has 0 amide bonds. The minimum atomic E-state index is -0.789. The van der Waals surface area contributed by atoms with Crippen LogP contribution < -0.4 is 17.0 Å². The van der Waals surface area contributed by atoms with E-state index < -0.39 is 6.10 Å². The molecule has 0 heterocycles. The molecule has 0 fully saturated rings. The maximum Gasteiger partial charge on any atom is 0.167 e. The smallest absolute Gasteiger partial charge is 0.167 e. The van der Waals surface area contributed by atoms with Crippen molar-refractivity contribution in [3.63, 3.8) is 0 Å². The van der Waals surface area contributed by atoms with E-state index in [0.29, 0.717) is 17.4 Å². The zero-order valence-electron chi connectivity index (χ0n) is 16.0. The number of ketones is 1. The predicted octanol–water partition coefficient (Wildman–Crippen LogP) is 1.33. The van der Waals surface area contributed by atoms with Crippen LogP contribution in [-0.2, 0) is 4.79 Å². The average Bonchev–Trinajstić information content (AvgIpc) is 2.42. The third kappa shape index (κ3) is 18.3. The van der Waals surface area contributed by atoms with E-state index in [0.717, 1.165) is 12.8 Å². The Morgan fingerprint density at radius 3 is 1.61 bits per heavy atom. The van der Waals surface area contributed by atoms with Crippen LogP contribution in [0.5, 0.6) is 0 Å². The van der Waals surface area contributed by atoms with Gasteiger partial charge >= 0.3 is 0 Å². The van der Waals surface area contributed by atoms with E-state index in [9.17, 15) is 9.90 Å². The normalized spacial score (nSPS) is 12.7. The van der Waals surface area contributed by atoms with Crippen molar-refractivity contribution < 1.29 is 31.4 Å². The Hall–Kier alpha value is 0.0700. The number of carbonyl (C=O) groups is 1. The van der Waals surface area contributed by atoms with Gasteiger partial charge in [-0.2, -0.15) is 0 Å². The molecule has 140 valence electrons. The second-order valence-corrected chi connectivity index (χ2v) is 7.74. The van der Waals surface area contributed by atoms with Crippen LogP contribution in [0.2, 0.25) is 0 Å². The molecule has 0 aliphatic rings. The van der Waals surface area contributed by atoms with Crippen molar-refractivity contribution >= 4 is 5.78 Å². The van der Waals surface area contributed by atoms with Crippen LogP contribution >= 0.6 is 0 Å². The lowest BCUT2D eigenvalue weighted by atomic mass is 10.0. The number of aliphatic hydroxyl groups is 1. The fourth-order valence-corrected chi connectivity index (χ4v) is 2.75. The standard InChI is InChI=1S/C19H40NO2.BrH/c1-5-6-7-8-9-10-11-12-13-14-15-16-18(21)19(22)17-20(2,3)4;/h19,22H,5-17H2,1-4H3;1H/q+1;/p-1. The number of unbranched alkanes of at least 4 members (excludes halogenated alkanes) is 10. The van der Waals surface area contributed by atoms with E-state index in [1.165, 1.54) is 57.8 Å². The van der Waals surface area contributed by atoms with Crippen molar-refractivity contribution in [2.45, 2.75) is 90.1 Å². The lowest BCUT2D eigenvalue weighted by molar-refractivity contribution is -0.872. The molecule has 3 nitrogen and oxygen atoms in total. The van der Waals surface area contributed by atoms with Crippen LogP contribution in [0.1, 0.15) is 84.0 Å². The van der Waals surface area contributed by atoms with Crippen molar-refractivity contribution in [2.75, 3.05) is 27.7 Å². The largest absolute Gasteiger partial charge is 1.00 e. The van der Waals surface area contributed by atoms with Gasteiger partial charge in [0.1, 0.15) is 6.54 Å². The van der Waals surface area contributed by atoms with Crippen molar-refractivity contribution in [3.8, 4) is 0 Å². The van der Waals surface area contributed by atoms with E-state index in [-0.39, 0.29) is 22.8 Å². The molecule has 0 spiro atoms.